The van der Waals surface area contributed by atoms with Gasteiger partial charge in [0.05, 0.1) is 12.6 Å². The van der Waals surface area contributed by atoms with E-state index >= 15 is 0 Å². The van der Waals surface area contributed by atoms with Crippen LogP contribution in [0.3, 0.4) is 0 Å². The first-order chi connectivity index (χ1) is 11.3. The van der Waals surface area contributed by atoms with Gasteiger partial charge < -0.3 is 10.1 Å². The van der Waals surface area contributed by atoms with Gasteiger partial charge in [0.1, 0.15) is 5.75 Å². The summed E-state index contributed by atoms with van der Waals surface area (Å²) >= 11 is 3.53. The summed E-state index contributed by atoms with van der Waals surface area (Å²) < 4.78 is 6.81. The third kappa shape index (κ3) is 2.67. The van der Waals surface area contributed by atoms with Gasteiger partial charge in [-0.05, 0) is 60.7 Å². The van der Waals surface area contributed by atoms with Crippen LogP contribution in [0, 0.1) is 5.92 Å². The van der Waals surface area contributed by atoms with Crippen LogP contribution in [-0.4, -0.2) is 6.61 Å². The van der Waals surface area contributed by atoms with E-state index in [2.05, 4.69) is 75.9 Å². The number of fused-ring (bicyclic) bond motifs is 3. The molecule has 0 saturated carbocycles. The highest BCUT2D eigenvalue weighted by molar-refractivity contribution is 9.10. The highest BCUT2D eigenvalue weighted by atomic mass is 79.9. The molecule has 0 saturated heterocycles. The number of halogens is 1. The van der Waals surface area contributed by atoms with Gasteiger partial charge in [-0.25, -0.2) is 0 Å². The second-order valence-electron chi connectivity index (χ2n) is 6.21. The number of anilines is 1. The Hall–Kier alpha value is -1.74. The molecule has 118 valence electrons. The molecule has 0 bridgehead atoms. The van der Waals surface area contributed by atoms with Crippen LogP contribution in [0.15, 0.2) is 59.1 Å². The van der Waals surface area contributed by atoms with Crippen LogP contribution in [0.1, 0.15) is 36.4 Å². The minimum atomic E-state index is 0.355. The molecule has 1 aliphatic heterocycles. The Balaban J connectivity index is 1.72. The molecule has 2 aliphatic rings. The quantitative estimate of drug-likeness (QED) is 0.703. The van der Waals surface area contributed by atoms with Gasteiger partial charge in [0.25, 0.3) is 0 Å². The fraction of sp³-hybridized carbons (Fsp3) is 0.300. The zero-order valence-corrected chi connectivity index (χ0v) is 14.7. The summed E-state index contributed by atoms with van der Waals surface area (Å²) in [5.41, 5.74) is 3.95. The van der Waals surface area contributed by atoms with Crippen LogP contribution < -0.4 is 10.1 Å². The molecule has 0 radical (unpaired) electrons. The molecule has 0 unspecified atom stereocenters. The van der Waals surface area contributed by atoms with E-state index in [0.717, 1.165) is 16.6 Å². The highest BCUT2D eigenvalue weighted by Crippen LogP contribution is 2.50. The lowest BCUT2D eigenvalue weighted by molar-refractivity contribution is 0.338. The zero-order chi connectivity index (χ0) is 15.8. The first-order valence-electron chi connectivity index (χ1n) is 8.21. The SMILES string of the molecule is CCOc1ccc2c(c1)[C@@H]1C=CC[C@@H]1[C@H](c1ccc(Br)cc1)N2. The summed E-state index contributed by atoms with van der Waals surface area (Å²) in [7, 11) is 0. The summed E-state index contributed by atoms with van der Waals surface area (Å²) in [5, 5.41) is 3.76. The molecule has 1 heterocycles. The average Bonchev–Trinajstić information content (AvgIpc) is 3.05. The molecule has 4 rings (SSSR count). The Morgan fingerprint density at radius 1 is 1.17 bits per heavy atom. The van der Waals surface area contributed by atoms with E-state index in [9.17, 15) is 0 Å². The van der Waals surface area contributed by atoms with Crippen LogP contribution in [-0.2, 0) is 0 Å². The zero-order valence-electron chi connectivity index (χ0n) is 13.1. The molecule has 2 aromatic rings. The Labute approximate surface area is 145 Å². The molecule has 0 fully saturated rings. The topological polar surface area (TPSA) is 21.3 Å². The van der Waals surface area contributed by atoms with Crippen molar-refractivity contribution < 1.29 is 4.74 Å². The van der Waals surface area contributed by atoms with Crippen molar-refractivity contribution >= 4 is 21.6 Å². The molecule has 23 heavy (non-hydrogen) atoms. The average molecular weight is 370 g/mol. The van der Waals surface area contributed by atoms with Crippen molar-refractivity contribution in [1.82, 2.24) is 0 Å². The van der Waals surface area contributed by atoms with Crippen molar-refractivity contribution in [3.05, 3.63) is 70.2 Å². The minimum absolute atomic E-state index is 0.355. The molecular weight excluding hydrogens is 350 g/mol. The third-order valence-electron chi connectivity index (χ3n) is 4.87. The van der Waals surface area contributed by atoms with E-state index in [1.54, 1.807) is 0 Å². The fourth-order valence-corrected chi connectivity index (χ4v) is 4.09. The highest BCUT2D eigenvalue weighted by Gasteiger charge is 2.37. The van der Waals surface area contributed by atoms with Gasteiger partial charge in [0.15, 0.2) is 0 Å². The van der Waals surface area contributed by atoms with E-state index in [1.807, 2.05) is 6.92 Å². The second kappa shape index (κ2) is 6.04. The molecule has 0 spiro atoms. The van der Waals surface area contributed by atoms with Crippen molar-refractivity contribution in [2.24, 2.45) is 5.92 Å². The molecule has 2 nitrogen and oxygen atoms in total. The van der Waals surface area contributed by atoms with Crippen molar-refractivity contribution in [3.63, 3.8) is 0 Å². The van der Waals surface area contributed by atoms with Crippen LogP contribution >= 0.6 is 15.9 Å². The largest absolute Gasteiger partial charge is 0.494 e. The molecule has 0 amide bonds. The van der Waals surface area contributed by atoms with Crippen molar-refractivity contribution in [3.8, 4) is 5.75 Å². The third-order valence-corrected chi connectivity index (χ3v) is 5.40. The number of nitrogens with one attached hydrogen (secondary N) is 1. The van der Waals surface area contributed by atoms with Crippen LogP contribution in [0.4, 0.5) is 5.69 Å². The lowest BCUT2D eigenvalue weighted by atomic mass is 9.77. The van der Waals surface area contributed by atoms with Crippen LogP contribution in [0.25, 0.3) is 0 Å². The smallest absolute Gasteiger partial charge is 0.119 e. The van der Waals surface area contributed by atoms with Crippen molar-refractivity contribution in [1.29, 1.82) is 0 Å². The van der Waals surface area contributed by atoms with Gasteiger partial charge >= 0.3 is 0 Å². The Kier molecular flexibility index (Phi) is 3.90. The maximum atomic E-state index is 5.69. The van der Waals surface area contributed by atoms with E-state index in [1.165, 1.54) is 16.8 Å². The fourth-order valence-electron chi connectivity index (χ4n) is 3.83. The van der Waals surface area contributed by atoms with Gasteiger partial charge in [0.2, 0.25) is 0 Å². The normalized spacial score (nSPS) is 24.7. The maximum absolute atomic E-state index is 5.69. The number of allylic oxidation sites excluding steroid dienone is 2. The lowest BCUT2D eigenvalue weighted by Crippen LogP contribution is -2.29. The number of rotatable bonds is 3. The molecule has 1 aliphatic carbocycles. The Bertz CT molecular complexity index is 738. The molecule has 0 aromatic heterocycles. The molecule has 3 atom stereocenters. The van der Waals surface area contributed by atoms with Crippen molar-refractivity contribution in [2.75, 3.05) is 11.9 Å². The summed E-state index contributed by atoms with van der Waals surface area (Å²) in [6, 6.07) is 15.5. The first-order valence-corrected chi connectivity index (χ1v) is 9.01. The predicted octanol–water partition coefficient (Wildman–Crippen LogP) is 5.67. The van der Waals surface area contributed by atoms with Gasteiger partial charge in [-0.2, -0.15) is 0 Å². The number of benzene rings is 2. The van der Waals surface area contributed by atoms with Crippen LogP contribution in [0.2, 0.25) is 0 Å². The first kappa shape index (κ1) is 14.8. The summed E-state index contributed by atoms with van der Waals surface area (Å²) in [6.07, 6.45) is 5.81. The number of ether oxygens (including phenoxy) is 1. The number of hydrogen-bond donors (Lipinski definition) is 1. The summed E-state index contributed by atoms with van der Waals surface area (Å²) in [4.78, 5) is 0. The van der Waals surface area contributed by atoms with E-state index < -0.39 is 0 Å². The second-order valence-corrected chi connectivity index (χ2v) is 7.12. The molecule has 2 aromatic carbocycles. The molecule has 3 heteroatoms. The monoisotopic (exact) mass is 369 g/mol. The molecular formula is C20H20BrNO. The van der Waals surface area contributed by atoms with Gasteiger partial charge in [0, 0.05) is 16.1 Å². The van der Waals surface area contributed by atoms with Crippen LogP contribution in [0.5, 0.6) is 5.75 Å². The summed E-state index contributed by atoms with van der Waals surface area (Å²) in [5.74, 6) is 2.01. The minimum Gasteiger partial charge on any atom is -0.494 e. The van der Waals surface area contributed by atoms with E-state index in [-0.39, 0.29) is 0 Å². The maximum Gasteiger partial charge on any atom is 0.119 e. The van der Waals surface area contributed by atoms with Gasteiger partial charge in [-0.3, -0.25) is 0 Å². The van der Waals surface area contributed by atoms with Gasteiger partial charge in [-0.1, -0.05) is 40.2 Å². The molecule has 1 N–H and O–H groups in total. The van der Waals surface area contributed by atoms with Crippen molar-refractivity contribution in [2.45, 2.75) is 25.3 Å². The van der Waals surface area contributed by atoms with E-state index in [4.69, 9.17) is 4.74 Å². The summed E-state index contributed by atoms with van der Waals surface area (Å²) in [6.45, 7) is 2.73. The van der Waals surface area contributed by atoms with Gasteiger partial charge in [-0.15, -0.1) is 0 Å². The number of hydrogen-bond acceptors (Lipinski definition) is 2. The predicted molar refractivity (Wildman–Crippen MR) is 98.1 cm³/mol. The Morgan fingerprint density at radius 2 is 2.00 bits per heavy atom. The van der Waals surface area contributed by atoms with E-state index in [0.29, 0.717) is 24.5 Å². The lowest BCUT2D eigenvalue weighted by Gasteiger charge is -2.37. The standard InChI is InChI=1S/C20H20BrNO/c1-2-23-15-10-11-19-18(12-15)16-4-3-5-17(16)20(22-19)13-6-8-14(21)9-7-13/h3-4,6-12,16-17,20,22H,2,5H2,1H3/t16-,17+,20+/m1/s1. The Morgan fingerprint density at radius 3 is 2.78 bits per heavy atom.